The summed E-state index contributed by atoms with van der Waals surface area (Å²) in [5, 5.41) is 0. The van der Waals surface area contributed by atoms with Crippen LogP contribution in [0, 0.1) is 59.1 Å². The molecule has 0 aliphatic heterocycles. The minimum atomic E-state index is -0.116. The highest BCUT2D eigenvalue weighted by Gasteiger charge is 2.05. The lowest BCUT2D eigenvalue weighted by molar-refractivity contribution is 0.514. The molecule has 0 nitrogen and oxygen atoms in total. The maximum atomic E-state index is 12.6. The number of benzene rings is 3. The summed E-state index contributed by atoms with van der Waals surface area (Å²) in [6, 6.07) is 18.9. The van der Waals surface area contributed by atoms with Gasteiger partial charge in [-0.3, -0.25) is 0 Å². The number of rotatable bonds is 0. The van der Waals surface area contributed by atoms with Gasteiger partial charge in [0.25, 0.3) is 0 Å². The maximum absolute atomic E-state index is 12.6. The molecule has 1 atom stereocenters. The fourth-order valence-electron chi connectivity index (χ4n) is 3.13. The third kappa shape index (κ3) is 12.5. The van der Waals surface area contributed by atoms with Gasteiger partial charge in [-0.25, -0.2) is 8.78 Å². The van der Waals surface area contributed by atoms with Gasteiger partial charge >= 0.3 is 0 Å². The molecule has 0 bridgehead atoms. The molecule has 0 amide bonds. The largest absolute Gasteiger partial charge is 0.207 e. The minimum absolute atomic E-state index is 0.116. The van der Waals surface area contributed by atoms with Crippen LogP contribution < -0.4 is 0 Å². The van der Waals surface area contributed by atoms with Gasteiger partial charge in [0.1, 0.15) is 11.6 Å². The second kappa shape index (κ2) is 15.2. The van der Waals surface area contributed by atoms with Crippen molar-refractivity contribution in [1.29, 1.82) is 0 Å². The van der Waals surface area contributed by atoms with Crippen molar-refractivity contribution < 1.29 is 8.78 Å². The first-order valence-corrected chi connectivity index (χ1v) is 12.1. The predicted octanol–water partition coefficient (Wildman–Crippen LogP) is 9.94. The van der Waals surface area contributed by atoms with E-state index < -0.39 is 0 Å². The summed E-state index contributed by atoms with van der Waals surface area (Å²) < 4.78 is 25.2. The highest BCUT2D eigenvalue weighted by atomic mass is 19.1. The van der Waals surface area contributed by atoms with E-state index in [0.717, 1.165) is 17.0 Å². The van der Waals surface area contributed by atoms with Crippen LogP contribution in [0.3, 0.4) is 0 Å². The number of halogens is 2. The van der Waals surface area contributed by atoms with Crippen LogP contribution in [0.5, 0.6) is 0 Å². The highest BCUT2D eigenvalue weighted by molar-refractivity contribution is 5.22. The molecule has 1 aliphatic rings. The summed E-state index contributed by atoms with van der Waals surface area (Å²) in [6.45, 7) is 16.0. The van der Waals surface area contributed by atoms with Gasteiger partial charge in [0.05, 0.1) is 0 Å². The lowest BCUT2D eigenvalue weighted by Crippen LogP contribution is -1.98. The Balaban J connectivity index is 0.000000227. The van der Waals surface area contributed by atoms with E-state index in [0.29, 0.717) is 11.1 Å². The van der Waals surface area contributed by atoms with Crippen molar-refractivity contribution in [3.8, 4) is 0 Å². The van der Waals surface area contributed by atoms with Crippen molar-refractivity contribution in [2.75, 3.05) is 0 Å². The van der Waals surface area contributed by atoms with Crippen LogP contribution >= 0.6 is 0 Å². The first-order valence-electron chi connectivity index (χ1n) is 12.1. The molecule has 1 aliphatic carbocycles. The molecule has 184 valence electrons. The third-order valence-corrected chi connectivity index (χ3v) is 5.77. The average Bonchev–Trinajstić information content (AvgIpc) is 2.79. The molecule has 1 unspecified atom stereocenters. The second-order valence-corrected chi connectivity index (χ2v) is 9.59. The first-order chi connectivity index (χ1) is 16.0. The Morgan fingerprint density at radius 1 is 0.588 bits per heavy atom. The van der Waals surface area contributed by atoms with Gasteiger partial charge in [-0.2, -0.15) is 0 Å². The zero-order valence-electron chi connectivity index (χ0n) is 22.3. The third-order valence-electron chi connectivity index (χ3n) is 5.77. The SMILES string of the molecule is CC1=CCC(C)CC1.Cc1ccc(C)c(F)c1.Cc1ccc(C)c(F)c1.Cc1ccc(C)cc1. The Morgan fingerprint density at radius 2 is 0.971 bits per heavy atom. The van der Waals surface area contributed by atoms with Crippen LogP contribution in [0.15, 0.2) is 72.3 Å². The van der Waals surface area contributed by atoms with E-state index in [-0.39, 0.29) is 11.6 Å². The van der Waals surface area contributed by atoms with Gasteiger partial charge in [-0.1, -0.05) is 78.2 Å². The molecule has 0 fully saturated rings. The van der Waals surface area contributed by atoms with Gasteiger partial charge in [-0.05, 0) is 108 Å². The Labute approximate surface area is 206 Å². The summed E-state index contributed by atoms with van der Waals surface area (Å²) >= 11 is 0. The topological polar surface area (TPSA) is 0 Å². The molecule has 3 aromatic rings. The van der Waals surface area contributed by atoms with Gasteiger partial charge in [0, 0.05) is 0 Å². The molecule has 0 N–H and O–H groups in total. The monoisotopic (exact) mass is 464 g/mol. The second-order valence-electron chi connectivity index (χ2n) is 9.59. The predicted molar refractivity (Wildman–Crippen MR) is 144 cm³/mol. The molecule has 2 heteroatoms. The van der Waals surface area contributed by atoms with Crippen LogP contribution in [0.2, 0.25) is 0 Å². The van der Waals surface area contributed by atoms with E-state index in [9.17, 15) is 8.78 Å². The quantitative estimate of drug-likeness (QED) is 0.290. The molecular weight excluding hydrogens is 422 g/mol. The van der Waals surface area contributed by atoms with Crippen molar-refractivity contribution in [2.45, 2.75) is 74.7 Å². The van der Waals surface area contributed by atoms with E-state index in [1.807, 2.05) is 26.0 Å². The molecule has 0 saturated carbocycles. The Kier molecular flexibility index (Phi) is 13.1. The molecule has 0 saturated heterocycles. The molecule has 4 rings (SSSR count). The number of hydrogen-bond donors (Lipinski definition) is 0. The molecule has 0 heterocycles. The molecule has 3 aromatic carbocycles. The summed E-state index contributed by atoms with van der Waals surface area (Å²) in [7, 11) is 0. The van der Waals surface area contributed by atoms with E-state index in [1.165, 1.54) is 42.5 Å². The van der Waals surface area contributed by atoms with Crippen LogP contribution in [0.4, 0.5) is 8.78 Å². The summed E-state index contributed by atoms with van der Waals surface area (Å²) in [5.74, 6) is 0.712. The molecular formula is C32H42F2. The van der Waals surface area contributed by atoms with E-state index in [2.05, 4.69) is 58.0 Å². The van der Waals surface area contributed by atoms with Crippen LogP contribution in [-0.2, 0) is 0 Å². The van der Waals surface area contributed by atoms with E-state index in [4.69, 9.17) is 0 Å². The number of hydrogen-bond acceptors (Lipinski definition) is 0. The Morgan fingerprint density at radius 3 is 1.24 bits per heavy atom. The van der Waals surface area contributed by atoms with Crippen LogP contribution in [-0.4, -0.2) is 0 Å². The summed E-state index contributed by atoms with van der Waals surface area (Å²) in [4.78, 5) is 0. The lowest BCUT2D eigenvalue weighted by Gasteiger charge is -2.14. The van der Waals surface area contributed by atoms with Crippen molar-refractivity contribution >= 4 is 0 Å². The molecule has 0 aromatic heterocycles. The van der Waals surface area contributed by atoms with Crippen LogP contribution in [0.1, 0.15) is 66.5 Å². The standard InChI is InChI=1S/2C8H9F.C8H14.C8H10/c2*1-6-3-4-7(2)8(9)5-6;2*1-7-3-5-8(2)6-4-7/h2*3-5H,1-2H3;3,8H,4-6H2,1-2H3;3-6H,1-2H3. The summed E-state index contributed by atoms with van der Waals surface area (Å²) in [6.07, 6.45) is 6.42. The maximum Gasteiger partial charge on any atom is 0.126 e. The van der Waals surface area contributed by atoms with E-state index >= 15 is 0 Å². The number of allylic oxidation sites excluding steroid dienone is 2. The van der Waals surface area contributed by atoms with Gasteiger partial charge in [0.15, 0.2) is 0 Å². The van der Waals surface area contributed by atoms with Crippen molar-refractivity contribution in [3.63, 3.8) is 0 Å². The van der Waals surface area contributed by atoms with Crippen molar-refractivity contribution in [2.24, 2.45) is 5.92 Å². The fourth-order valence-corrected chi connectivity index (χ4v) is 3.13. The average molecular weight is 465 g/mol. The van der Waals surface area contributed by atoms with Gasteiger partial charge in [0.2, 0.25) is 0 Å². The Hall–Kier alpha value is -2.74. The molecule has 0 spiro atoms. The Bertz CT molecular complexity index is 959. The zero-order valence-corrected chi connectivity index (χ0v) is 22.3. The van der Waals surface area contributed by atoms with Gasteiger partial charge in [-0.15, -0.1) is 0 Å². The van der Waals surface area contributed by atoms with E-state index in [1.54, 1.807) is 31.6 Å². The van der Waals surface area contributed by atoms with Gasteiger partial charge < -0.3 is 0 Å². The van der Waals surface area contributed by atoms with Crippen molar-refractivity contribution in [1.82, 2.24) is 0 Å². The summed E-state index contributed by atoms with van der Waals surface area (Å²) in [5.41, 5.74) is 7.60. The first kappa shape index (κ1) is 29.3. The van der Waals surface area contributed by atoms with Crippen LogP contribution in [0.25, 0.3) is 0 Å². The fraction of sp³-hybridized carbons (Fsp3) is 0.375. The smallest absolute Gasteiger partial charge is 0.126 e. The zero-order chi connectivity index (χ0) is 25.7. The highest BCUT2D eigenvalue weighted by Crippen LogP contribution is 2.21. The lowest BCUT2D eigenvalue weighted by atomic mass is 9.92. The number of aryl methyl sites for hydroxylation is 6. The minimum Gasteiger partial charge on any atom is -0.207 e. The van der Waals surface area contributed by atoms with Crippen molar-refractivity contribution in [3.05, 3.63) is 117 Å². The normalized spacial score (nSPS) is 14.3. The molecule has 34 heavy (non-hydrogen) atoms. The molecule has 0 radical (unpaired) electrons.